The first-order valence-electron chi connectivity index (χ1n) is 10.3. The zero-order valence-corrected chi connectivity index (χ0v) is 20.3. The van der Waals surface area contributed by atoms with Gasteiger partial charge in [-0.05, 0) is 67.8 Å². The van der Waals surface area contributed by atoms with Crippen LogP contribution in [0.5, 0.6) is 5.75 Å². The Kier molecular flexibility index (Phi) is 8.61. The molecule has 1 atom stereocenters. The Bertz CT molecular complexity index is 1190. The molecule has 9 heteroatoms. The number of hydrogen-bond donors (Lipinski definition) is 2. The van der Waals surface area contributed by atoms with E-state index < -0.39 is 10.0 Å². The van der Waals surface area contributed by atoms with Gasteiger partial charge in [0, 0.05) is 16.8 Å². The third-order valence-electron chi connectivity index (χ3n) is 4.79. The van der Waals surface area contributed by atoms with Crippen molar-refractivity contribution in [1.82, 2.24) is 5.32 Å². The van der Waals surface area contributed by atoms with E-state index >= 15 is 0 Å². The lowest BCUT2D eigenvalue weighted by molar-refractivity contribution is -0.123. The molecule has 0 saturated carbocycles. The molecule has 1 amide bonds. The largest absolute Gasteiger partial charge is 0.482 e. The molecule has 0 bridgehead atoms. The predicted molar refractivity (Wildman–Crippen MR) is 132 cm³/mol. The standard InChI is InChI=1S/C24H24Cl2N2O4S/c1-17(7-8-18-5-3-2-4-6-18)27-24(29)16-32-23-14-13-21(15-22(23)26)33(30,31)28-20-11-9-19(25)10-12-20/h2-6,9-15,17,28H,7-8,16H2,1H3,(H,27,29)/t17-/m1/s1. The Morgan fingerprint density at radius 1 is 1.00 bits per heavy atom. The molecule has 0 aliphatic carbocycles. The maximum Gasteiger partial charge on any atom is 0.261 e. The number of anilines is 1. The van der Waals surface area contributed by atoms with E-state index in [4.69, 9.17) is 27.9 Å². The summed E-state index contributed by atoms with van der Waals surface area (Å²) in [6.45, 7) is 1.70. The van der Waals surface area contributed by atoms with Gasteiger partial charge in [0.05, 0.1) is 9.92 Å². The number of nitrogens with one attached hydrogen (secondary N) is 2. The van der Waals surface area contributed by atoms with E-state index in [9.17, 15) is 13.2 Å². The smallest absolute Gasteiger partial charge is 0.261 e. The first kappa shape index (κ1) is 24.9. The predicted octanol–water partition coefficient (Wildman–Crippen LogP) is 5.31. The van der Waals surface area contributed by atoms with Crippen molar-refractivity contribution in [3.63, 3.8) is 0 Å². The summed E-state index contributed by atoms with van der Waals surface area (Å²) < 4.78 is 33.1. The molecule has 0 heterocycles. The van der Waals surface area contributed by atoms with Gasteiger partial charge < -0.3 is 10.1 Å². The van der Waals surface area contributed by atoms with Crippen LogP contribution in [0.3, 0.4) is 0 Å². The maximum absolute atomic E-state index is 12.6. The lowest BCUT2D eigenvalue weighted by atomic mass is 10.1. The van der Waals surface area contributed by atoms with Crippen LogP contribution in [0.4, 0.5) is 5.69 Å². The van der Waals surface area contributed by atoms with Gasteiger partial charge >= 0.3 is 0 Å². The van der Waals surface area contributed by atoms with E-state index in [0.29, 0.717) is 10.7 Å². The number of hydrogen-bond acceptors (Lipinski definition) is 4. The Hall–Kier alpha value is -2.74. The molecule has 0 fully saturated rings. The molecule has 174 valence electrons. The van der Waals surface area contributed by atoms with Gasteiger partial charge in [-0.2, -0.15) is 0 Å². The summed E-state index contributed by atoms with van der Waals surface area (Å²) >= 11 is 12.0. The minimum absolute atomic E-state index is 0.0248. The number of ether oxygens (including phenoxy) is 1. The van der Waals surface area contributed by atoms with Crippen molar-refractivity contribution < 1.29 is 17.9 Å². The monoisotopic (exact) mass is 506 g/mol. The number of benzene rings is 3. The van der Waals surface area contributed by atoms with Gasteiger partial charge in [0.2, 0.25) is 0 Å². The summed E-state index contributed by atoms with van der Waals surface area (Å²) in [6, 6.07) is 20.3. The average Bonchev–Trinajstić information content (AvgIpc) is 2.79. The minimum atomic E-state index is -3.85. The zero-order valence-electron chi connectivity index (χ0n) is 17.9. The average molecular weight is 507 g/mol. The van der Waals surface area contributed by atoms with Crippen molar-refractivity contribution >= 4 is 44.8 Å². The first-order valence-corrected chi connectivity index (χ1v) is 12.5. The lowest BCUT2D eigenvalue weighted by Crippen LogP contribution is -2.36. The number of aryl methyl sites for hydroxylation is 1. The molecule has 33 heavy (non-hydrogen) atoms. The molecule has 0 unspecified atom stereocenters. The number of halogens is 2. The highest BCUT2D eigenvalue weighted by molar-refractivity contribution is 7.92. The van der Waals surface area contributed by atoms with Crippen molar-refractivity contribution in [3.05, 3.63) is 88.4 Å². The van der Waals surface area contributed by atoms with E-state index in [2.05, 4.69) is 22.2 Å². The highest BCUT2D eigenvalue weighted by atomic mass is 35.5. The fourth-order valence-corrected chi connectivity index (χ4v) is 4.57. The molecule has 0 aliphatic rings. The molecular formula is C24H24Cl2N2O4S. The third kappa shape index (κ3) is 7.67. The fraction of sp³-hybridized carbons (Fsp3) is 0.208. The van der Waals surface area contributed by atoms with Crippen molar-refractivity contribution in [3.8, 4) is 5.75 Å². The highest BCUT2D eigenvalue weighted by Gasteiger charge is 2.17. The van der Waals surface area contributed by atoms with Crippen LogP contribution >= 0.6 is 23.2 Å². The highest BCUT2D eigenvalue weighted by Crippen LogP contribution is 2.28. The molecule has 0 spiro atoms. The van der Waals surface area contributed by atoms with Crippen LogP contribution in [0, 0.1) is 0 Å². The van der Waals surface area contributed by atoms with Crippen molar-refractivity contribution in [2.75, 3.05) is 11.3 Å². The van der Waals surface area contributed by atoms with E-state index in [1.165, 1.54) is 23.8 Å². The summed E-state index contributed by atoms with van der Waals surface area (Å²) in [5.41, 5.74) is 1.58. The van der Waals surface area contributed by atoms with Gasteiger partial charge in [-0.3, -0.25) is 9.52 Å². The first-order chi connectivity index (χ1) is 15.7. The Morgan fingerprint density at radius 2 is 1.70 bits per heavy atom. The molecule has 3 aromatic rings. The lowest BCUT2D eigenvalue weighted by Gasteiger charge is -2.15. The molecule has 3 rings (SSSR count). The molecular weight excluding hydrogens is 483 g/mol. The summed E-state index contributed by atoms with van der Waals surface area (Å²) in [7, 11) is -3.85. The van der Waals surface area contributed by atoms with E-state index in [-0.39, 0.29) is 34.2 Å². The van der Waals surface area contributed by atoms with Crippen molar-refractivity contribution in [2.45, 2.75) is 30.7 Å². The third-order valence-corrected chi connectivity index (χ3v) is 6.71. The van der Waals surface area contributed by atoms with Gasteiger partial charge in [0.1, 0.15) is 5.75 Å². The normalized spacial score (nSPS) is 12.1. The van der Waals surface area contributed by atoms with Crippen LogP contribution in [0.25, 0.3) is 0 Å². The second-order valence-electron chi connectivity index (χ2n) is 7.49. The summed E-state index contributed by atoms with van der Waals surface area (Å²) in [5.74, 6) is -0.0677. The Labute approximate surface area is 203 Å². The molecule has 0 radical (unpaired) electrons. The molecule has 3 aromatic carbocycles. The summed E-state index contributed by atoms with van der Waals surface area (Å²) in [6.07, 6.45) is 1.65. The van der Waals surface area contributed by atoms with Crippen LogP contribution in [0.2, 0.25) is 10.0 Å². The number of rotatable bonds is 10. The number of carbonyl (C=O) groups is 1. The van der Waals surface area contributed by atoms with Gasteiger partial charge in [-0.1, -0.05) is 53.5 Å². The quantitative estimate of drug-likeness (QED) is 0.390. The Balaban J connectivity index is 1.52. The SMILES string of the molecule is C[C@H](CCc1ccccc1)NC(=O)COc1ccc(S(=O)(=O)Nc2ccc(Cl)cc2)cc1Cl. The molecule has 0 saturated heterocycles. The molecule has 6 nitrogen and oxygen atoms in total. The van der Waals surface area contributed by atoms with Gasteiger partial charge in [-0.25, -0.2) is 8.42 Å². The molecule has 0 aliphatic heterocycles. The number of sulfonamides is 1. The Morgan fingerprint density at radius 3 is 2.36 bits per heavy atom. The second kappa shape index (κ2) is 11.4. The van der Waals surface area contributed by atoms with Crippen LogP contribution in [-0.4, -0.2) is 27.0 Å². The van der Waals surface area contributed by atoms with Crippen molar-refractivity contribution in [2.24, 2.45) is 0 Å². The van der Waals surface area contributed by atoms with E-state index in [1.807, 2.05) is 25.1 Å². The van der Waals surface area contributed by atoms with Gasteiger partial charge in [-0.15, -0.1) is 0 Å². The molecule has 0 aromatic heterocycles. The second-order valence-corrected chi connectivity index (χ2v) is 10.0. The van der Waals surface area contributed by atoms with Crippen molar-refractivity contribution in [1.29, 1.82) is 0 Å². The van der Waals surface area contributed by atoms with Crippen LogP contribution in [0.1, 0.15) is 18.9 Å². The zero-order chi connectivity index (χ0) is 23.8. The van der Waals surface area contributed by atoms with Crippen LogP contribution < -0.4 is 14.8 Å². The number of carbonyl (C=O) groups excluding carboxylic acids is 1. The van der Waals surface area contributed by atoms with Gasteiger partial charge in [0.15, 0.2) is 6.61 Å². The minimum Gasteiger partial charge on any atom is -0.482 e. The van der Waals surface area contributed by atoms with E-state index in [1.54, 1.807) is 24.3 Å². The maximum atomic E-state index is 12.6. The summed E-state index contributed by atoms with van der Waals surface area (Å²) in [5, 5.41) is 3.46. The van der Waals surface area contributed by atoms with E-state index in [0.717, 1.165) is 12.8 Å². The summed E-state index contributed by atoms with van der Waals surface area (Å²) in [4.78, 5) is 12.2. The van der Waals surface area contributed by atoms with Crippen LogP contribution in [0.15, 0.2) is 77.7 Å². The van der Waals surface area contributed by atoms with Gasteiger partial charge in [0.25, 0.3) is 15.9 Å². The number of amides is 1. The molecule has 2 N–H and O–H groups in total. The topological polar surface area (TPSA) is 84.5 Å². The fourth-order valence-electron chi connectivity index (χ4n) is 3.06. The van der Waals surface area contributed by atoms with Crippen LogP contribution in [-0.2, 0) is 21.2 Å².